The van der Waals surface area contributed by atoms with E-state index in [9.17, 15) is 9.59 Å². The second-order valence-corrected chi connectivity index (χ2v) is 9.33. The van der Waals surface area contributed by atoms with Gasteiger partial charge in [-0.1, -0.05) is 48.0 Å². The van der Waals surface area contributed by atoms with Gasteiger partial charge in [-0.05, 0) is 68.3 Å². The molecule has 7 heteroatoms. The molecule has 1 unspecified atom stereocenters. The number of anilines is 1. The molecule has 6 nitrogen and oxygen atoms in total. The molecule has 1 atom stereocenters. The van der Waals surface area contributed by atoms with Gasteiger partial charge in [0.25, 0.3) is 5.91 Å². The average Bonchev–Trinajstić information content (AvgIpc) is 3.18. The van der Waals surface area contributed by atoms with Gasteiger partial charge in [-0.2, -0.15) is 0 Å². The van der Waals surface area contributed by atoms with Crippen molar-refractivity contribution >= 4 is 34.2 Å². The van der Waals surface area contributed by atoms with Crippen molar-refractivity contribution < 1.29 is 18.7 Å². The normalized spacial score (nSPS) is 14.6. The Morgan fingerprint density at radius 3 is 2.57 bits per heavy atom. The number of carbonyl (C=O) groups is 1. The fourth-order valence-electron chi connectivity index (χ4n) is 4.63. The van der Waals surface area contributed by atoms with Crippen LogP contribution < -0.4 is 19.8 Å². The summed E-state index contributed by atoms with van der Waals surface area (Å²) in [6.45, 7) is 10.1. The molecule has 0 aliphatic carbocycles. The van der Waals surface area contributed by atoms with Crippen LogP contribution in [0.15, 0.2) is 76.5 Å². The van der Waals surface area contributed by atoms with Crippen LogP contribution in [0.2, 0.25) is 5.02 Å². The second-order valence-electron chi connectivity index (χ2n) is 8.92. The van der Waals surface area contributed by atoms with Crippen molar-refractivity contribution in [1.29, 1.82) is 0 Å². The van der Waals surface area contributed by atoms with Gasteiger partial charge in [0, 0.05) is 10.7 Å². The highest BCUT2D eigenvalue weighted by Gasteiger charge is 2.44. The van der Waals surface area contributed by atoms with Gasteiger partial charge in [0.05, 0.1) is 23.6 Å². The minimum Gasteiger partial charge on any atom is -0.490 e. The Bertz CT molecular complexity index is 1610. The standard InChI is InChI=1S/C30H26ClNO5/c1-5-13-36-24-12-9-19(15-25(24)35-6-2)27-26-28(33)21-14-17(3)7-11-23(21)37-29(26)30(34)32(27)20-10-8-18(4)22(31)16-20/h5,7-12,14-16,27H,1,6,13H2,2-4H3. The third kappa shape index (κ3) is 4.27. The van der Waals surface area contributed by atoms with E-state index in [1.54, 1.807) is 41.3 Å². The van der Waals surface area contributed by atoms with E-state index < -0.39 is 11.9 Å². The molecule has 0 fully saturated rings. The minimum atomic E-state index is -0.755. The van der Waals surface area contributed by atoms with Gasteiger partial charge in [-0.3, -0.25) is 14.5 Å². The highest BCUT2D eigenvalue weighted by molar-refractivity contribution is 6.31. The molecule has 37 heavy (non-hydrogen) atoms. The molecule has 0 N–H and O–H groups in total. The molecular formula is C30H26ClNO5. The summed E-state index contributed by atoms with van der Waals surface area (Å²) in [7, 11) is 0. The summed E-state index contributed by atoms with van der Waals surface area (Å²) in [6.07, 6.45) is 1.65. The fraction of sp³-hybridized carbons (Fsp3) is 0.200. The Kier molecular flexibility index (Phi) is 6.52. The number of rotatable bonds is 7. The summed E-state index contributed by atoms with van der Waals surface area (Å²) < 4.78 is 17.7. The van der Waals surface area contributed by atoms with Gasteiger partial charge < -0.3 is 13.9 Å². The van der Waals surface area contributed by atoms with Crippen LogP contribution in [0.5, 0.6) is 11.5 Å². The van der Waals surface area contributed by atoms with E-state index in [1.807, 2.05) is 45.0 Å². The SMILES string of the molecule is C=CCOc1ccc(C2c3c(oc4ccc(C)cc4c3=O)C(=O)N2c2ccc(C)c(Cl)c2)cc1OCC. The number of hydrogen-bond acceptors (Lipinski definition) is 5. The number of hydrogen-bond donors (Lipinski definition) is 0. The van der Waals surface area contributed by atoms with E-state index in [-0.39, 0.29) is 16.8 Å². The van der Waals surface area contributed by atoms with Crippen molar-refractivity contribution in [1.82, 2.24) is 0 Å². The Morgan fingerprint density at radius 1 is 1.03 bits per heavy atom. The van der Waals surface area contributed by atoms with Gasteiger partial charge in [-0.25, -0.2) is 0 Å². The average molecular weight is 516 g/mol. The van der Waals surface area contributed by atoms with E-state index in [0.29, 0.717) is 52.0 Å². The van der Waals surface area contributed by atoms with Crippen LogP contribution in [0.3, 0.4) is 0 Å². The lowest BCUT2D eigenvalue weighted by molar-refractivity contribution is 0.0971. The molecule has 1 aliphatic heterocycles. The zero-order valence-corrected chi connectivity index (χ0v) is 21.6. The summed E-state index contributed by atoms with van der Waals surface area (Å²) in [5.41, 5.74) is 3.44. The Balaban J connectivity index is 1.77. The number of amides is 1. The first-order chi connectivity index (χ1) is 17.8. The maximum Gasteiger partial charge on any atom is 0.295 e. The van der Waals surface area contributed by atoms with Crippen LogP contribution in [-0.4, -0.2) is 19.1 Å². The van der Waals surface area contributed by atoms with Gasteiger partial charge >= 0.3 is 0 Å². The third-order valence-corrected chi connectivity index (χ3v) is 6.81. The monoisotopic (exact) mass is 515 g/mol. The minimum absolute atomic E-state index is 0.0213. The van der Waals surface area contributed by atoms with E-state index in [4.69, 9.17) is 25.5 Å². The zero-order chi connectivity index (χ0) is 26.3. The predicted octanol–water partition coefficient (Wildman–Crippen LogP) is 6.78. The number of ether oxygens (including phenoxy) is 2. The Morgan fingerprint density at radius 2 is 1.84 bits per heavy atom. The lowest BCUT2D eigenvalue weighted by Crippen LogP contribution is -2.29. The maximum absolute atomic E-state index is 13.9. The van der Waals surface area contributed by atoms with Gasteiger partial charge in [0.1, 0.15) is 12.2 Å². The maximum atomic E-state index is 13.9. The van der Waals surface area contributed by atoms with Crippen LogP contribution in [0.4, 0.5) is 5.69 Å². The summed E-state index contributed by atoms with van der Waals surface area (Å²) in [4.78, 5) is 29.3. The highest BCUT2D eigenvalue weighted by Crippen LogP contribution is 2.44. The van der Waals surface area contributed by atoms with Crippen molar-refractivity contribution in [3.8, 4) is 11.5 Å². The lowest BCUT2D eigenvalue weighted by atomic mass is 9.97. The summed E-state index contributed by atoms with van der Waals surface area (Å²) in [5.74, 6) is 0.657. The van der Waals surface area contributed by atoms with E-state index in [0.717, 1.165) is 11.1 Å². The molecule has 1 aliphatic rings. The van der Waals surface area contributed by atoms with Crippen molar-refractivity contribution in [2.75, 3.05) is 18.1 Å². The number of nitrogens with zero attached hydrogens (tertiary/aromatic N) is 1. The number of fused-ring (bicyclic) bond motifs is 2. The van der Waals surface area contributed by atoms with Crippen molar-refractivity contribution in [2.45, 2.75) is 26.8 Å². The van der Waals surface area contributed by atoms with Gasteiger partial charge in [0.15, 0.2) is 16.9 Å². The molecule has 1 amide bonds. The predicted molar refractivity (Wildman–Crippen MR) is 145 cm³/mol. The van der Waals surface area contributed by atoms with Crippen LogP contribution >= 0.6 is 11.6 Å². The smallest absolute Gasteiger partial charge is 0.295 e. The van der Waals surface area contributed by atoms with Crippen LogP contribution in [0.1, 0.15) is 45.8 Å². The van der Waals surface area contributed by atoms with Crippen LogP contribution in [0.25, 0.3) is 11.0 Å². The largest absolute Gasteiger partial charge is 0.490 e. The molecule has 0 bridgehead atoms. The van der Waals surface area contributed by atoms with Crippen molar-refractivity contribution in [3.05, 3.63) is 111 Å². The van der Waals surface area contributed by atoms with E-state index >= 15 is 0 Å². The number of carbonyl (C=O) groups excluding carboxylic acids is 1. The molecular weight excluding hydrogens is 490 g/mol. The summed E-state index contributed by atoms with van der Waals surface area (Å²) in [6, 6.07) is 15.4. The Hall–Kier alpha value is -4.03. The second kappa shape index (κ2) is 9.79. The van der Waals surface area contributed by atoms with E-state index in [1.165, 1.54) is 0 Å². The molecule has 0 radical (unpaired) electrons. The Labute approximate surface area is 219 Å². The lowest BCUT2D eigenvalue weighted by Gasteiger charge is -2.26. The first-order valence-electron chi connectivity index (χ1n) is 12.0. The third-order valence-electron chi connectivity index (χ3n) is 6.40. The molecule has 1 aromatic heterocycles. The molecule has 188 valence electrons. The highest BCUT2D eigenvalue weighted by atomic mass is 35.5. The number of aryl methyl sites for hydroxylation is 2. The van der Waals surface area contributed by atoms with Crippen LogP contribution in [0, 0.1) is 13.8 Å². The quantitative estimate of drug-likeness (QED) is 0.254. The van der Waals surface area contributed by atoms with Crippen molar-refractivity contribution in [3.63, 3.8) is 0 Å². The molecule has 0 saturated heterocycles. The first kappa shape index (κ1) is 24.7. The van der Waals surface area contributed by atoms with Crippen LogP contribution in [-0.2, 0) is 0 Å². The molecule has 0 spiro atoms. The fourth-order valence-corrected chi connectivity index (χ4v) is 4.81. The summed E-state index contributed by atoms with van der Waals surface area (Å²) in [5, 5.41) is 0.944. The van der Waals surface area contributed by atoms with Gasteiger partial charge in [-0.15, -0.1) is 0 Å². The first-order valence-corrected chi connectivity index (χ1v) is 12.4. The van der Waals surface area contributed by atoms with Crippen molar-refractivity contribution in [2.24, 2.45) is 0 Å². The topological polar surface area (TPSA) is 69.0 Å². The molecule has 4 aromatic rings. The van der Waals surface area contributed by atoms with E-state index in [2.05, 4.69) is 6.58 Å². The molecule has 0 saturated carbocycles. The molecule has 2 heterocycles. The zero-order valence-electron chi connectivity index (χ0n) is 20.8. The molecule has 5 rings (SSSR count). The summed E-state index contributed by atoms with van der Waals surface area (Å²) >= 11 is 6.45. The molecule has 3 aromatic carbocycles. The number of halogens is 1. The number of benzene rings is 3. The van der Waals surface area contributed by atoms with Gasteiger partial charge in [0.2, 0.25) is 5.76 Å².